The molecule has 0 bridgehead atoms. The van der Waals surface area contributed by atoms with Gasteiger partial charge in [-0.3, -0.25) is 10.4 Å². The van der Waals surface area contributed by atoms with Gasteiger partial charge in [-0.15, -0.1) is 0 Å². The van der Waals surface area contributed by atoms with Gasteiger partial charge in [0, 0.05) is 17.1 Å². The van der Waals surface area contributed by atoms with Gasteiger partial charge in [0.15, 0.2) is 0 Å². The fourth-order valence-corrected chi connectivity index (χ4v) is 10.4. The molecule has 0 atom stereocenters. The van der Waals surface area contributed by atoms with Gasteiger partial charge < -0.3 is 4.90 Å². The third kappa shape index (κ3) is 7.39. The minimum absolute atomic E-state index is 0.0511. The molecular weight excluding hydrogens is 799 g/mol. The van der Waals surface area contributed by atoms with Gasteiger partial charge in [0.05, 0.1) is 22.5 Å². The summed E-state index contributed by atoms with van der Waals surface area (Å²) in [6, 6.07) is 59.5. The molecule has 0 aliphatic heterocycles. The Morgan fingerprint density at radius 1 is 0.455 bits per heavy atom. The third-order valence-corrected chi connectivity index (χ3v) is 14.2. The zero-order valence-corrected chi connectivity index (χ0v) is 40.4. The second kappa shape index (κ2) is 15.9. The van der Waals surface area contributed by atoms with E-state index in [1.807, 2.05) is 0 Å². The van der Waals surface area contributed by atoms with E-state index in [9.17, 15) is 0 Å². The lowest BCUT2D eigenvalue weighted by molar-refractivity contribution is 0.494. The van der Waals surface area contributed by atoms with E-state index in [1.165, 1.54) is 66.8 Å². The Balaban J connectivity index is 1.16. The average Bonchev–Trinajstić information content (AvgIpc) is 3.60. The van der Waals surface area contributed by atoms with Crippen LogP contribution in [-0.4, -0.2) is 0 Å². The van der Waals surface area contributed by atoms with Crippen molar-refractivity contribution in [2.75, 3.05) is 15.3 Å². The second-order valence-corrected chi connectivity index (χ2v) is 21.7. The molecule has 0 unspecified atom stereocenters. The van der Waals surface area contributed by atoms with Gasteiger partial charge in [0.1, 0.15) is 0 Å². The number of anilines is 5. The Kier molecular flexibility index (Phi) is 10.4. The molecule has 0 heterocycles. The molecule has 7 aromatic carbocycles. The van der Waals surface area contributed by atoms with Crippen LogP contribution in [0.15, 0.2) is 193 Å². The fourth-order valence-electron chi connectivity index (χ4n) is 10.4. The number of aryl methyl sites for hydroxylation is 1. The van der Waals surface area contributed by atoms with E-state index in [0.29, 0.717) is 0 Å². The van der Waals surface area contributed by atoms with E-state index in [-0.39, 0.29) is 16.2 Å². The molecule has 330 valence electrons. The largest absolute Gasteiger partial charge is 0.311 e. The van der Waals surface area contributed by atoms with E-state index in [4.69, 9.17) is 0 Å². The van der Waals surface area contributed by atoms with Crippen LogP contribution in [0.5, 0.6) is 0 Å². The van der Waals surface area contributed by atoms with E-state index in [1.54, 1.807) is 0 Å². The highest BCUT2D eigenvalue weighted by molar-refractivity contribution is 5.97. The lowest BCUT2D eigenvalue weighted by atomic mass is 9.70. The van der Waals surface area contributed by atoms with Gasteiger partial charge in [-0.25, -0.2) is 0 Å². The molecule has 10 rings (SSSR count). The summed E-state index contributed by atoms with van der Waals surface area (Å²) in [4.78, 5) is 2.45. The average molecular weight is 862 g/mol. The maximum atomic E-state index is 3.96. The van der Waals surface area contributed by atoms with E-state index >= 15 is 0 Å². The van der Waals surface area contributed by atoms with E-state index in [0.717, 1.165) is 40.6 Å². The Hall–Kier alpha value is -6.84. The van der Waals surface area contributed by atoms with E-state index < -0.39 is 5.41 Å². The highest BCUT2D eigenvalue weighted by atomic mass is 15.5. The van der Waals surface area contributed by atoms with Crippen LogP contribution in [0.3, 0.4) is 0 Å². The summed E-state index contributed by atoms with van der Waals surface area (Å²) in [5.41, 5.74) is 25.8. The van der Waals surface area contributed by atoms with Crippen LogP contribution < -0.4 is 15.3 Å². The fraction of sp³-hybridized carbons (Fsp3) is 0.238. The van der Waals surface area contributed by atoms with Crippen LogP contribution in [0.1, 0.15) is 108 Å². The number of benzene rings is 7. The molecule has 0 radical (unpaired) electrons. The standard InChI is InChI=1S/C63H63N3/c1-42-22-30-48(31-23-42)65(47-17-15-16-43(24-32-47)60(2,3)4)51-37-39-55-54-38-29-46(40-58(54)63(59(55)41-51)56-20-13-11-18-52(56)53-19-12-14-21-57(53)63)64-66(49-33-25-44(26-34-49)61(5,6)7)50-35-27-45(28-36-50)62(8,9)10/h11-15,17-41,64H,16H2,1-10H3. The summed E-state index contributed by atoms with van der Waals surface area (Å²) in [5, 5.41) is 2.25. The number of hydrogen-bond acceptors (Lipinski definition) is 3. The maximum absolute atomic E-state index is 3.96. The molecular formula is C63H63N3. The quantitative estimate of drug-likeness (QED) is 0.161. The van der Waals surface area contributed by atoms with Crippen LogP contribution in [0.25, 0.3) is 22.3 Å². The smallest absolute Gasteiger partial charge is 0.0727 e. The Bertz CT molecular complexity index is 2960. The molecule has 1 spiro atoms. The van der Waals surface area contributed by atoms with Crippen molar-refractivity contribution in [3.63, 3.8) is 0 Å². The summed E-state index contributed by atoms with van der Waals surface area (Å²) in [7, 11) is 0. The molecule has 7 aromatic rings. The lowest BCUT2D eigenvalue weighted by Crippen LogP contribution is -2.28. The number of nitrogens with zero attached hydrogens (tertiary/aromatic N) is 2. The van der Waals surface area contributed by atoms with Gasteiger partial charge >= 0.3 is 0 Å². The van der Waals surface area contributed by atoms with Gasteiger partial charge in [-0.05, 0) is 158 Å². The Labute approximate surface area is 393 Å². The zero-order chi connectivity index (χ0) is 46.2. The molecule has 3 aliphatic carbocycles. The summed E-state index contributed by atoms with van der Waals surface area (Å²) in [5.74, 6) is 0. The molecule has 0 aromatic heterocycles. The van der Waals surface area contributed by atoms with Crippen molar-refractivity contribution in [2.45, 2.75) is 91.9 Å². The predicted molar refractivity (Wildman–Crippen MR) is 281 cm³/mol. The minimum Gasteiger partial charge on any atom is -0.311 e. The first-order chi connectivity index (χ1) is 31.5. The topological polar surface area (TPSA) is 18.5 Å². The van der Waals surface area contributed by atoms with Crippen molar-refractivity contribution in [1.82, 2.24) is 0 Å². The number of nitrogens with one attached hydrogen (secondary N) is 1. The number of hydrazine groups is 1. The molecule has 3 heteroatoms. The van der Waals surface area contributed by atoms with Crippen LogP contribution in [0.2, 0.25) is 0 Å². The zero-order valence-electron chi connectivity index (χ0n) is 40.4. The molecule has 3 nitrogen and oxygen atoms in total. The molecule has 0 fully saturated rings. The molecule has 0 saturated carbocycles. The number of allylic oxidation sites excluding steroid dienone is 5. The Morgan fingerprint density at radius 3 is 1.48 bits per heavy atom. The number of fused-ring (bicyclic) bond motifs is 10. The van der Waals surface area contributed by atoms with Crippen molar-refractivity contribution in [1.29, 1.82) is 0 Å². The van der Waals surface area contributed by atoms with Gasteiger partial charge in [-0.2, -0.15) is 0 Å². The van der Waals surface area contributed by atoms with Gasteiger partial charge in [0.25, 0.3) is 0 Å². The molecule has 3 aliphatic rings. The summed E-state index contributed by atoms with van der Waals surface area (Å²) in [6.45, 7) is 22.7. The first-order valence-electron chi connectivity index (χ1n) is 23.7. The van der Waals surface area contributed by atoms with Gasteiger partial charge in [-0.1, -0.05) is 183 Å². The molecule has 1 N–H and O–H groups in total. The highest BCUT2D eigenvalue weighted by Gasteiger charge is 2.52. The number of rotatable bonds is 7. The van der Waals surface area contributed by atoms with Crippen LogP contribution >= 0.6 is 0 Å². The van der Waals surface area contributed by atoms with Gasteiger partial charge in [0.2, 0.25) is 0 Å². The second-order valence-electron chi connectivity index (χ2n) is 21.7. The Morgan fingerprint density at radius 2 is 0.939 bits per heavy atom. The van der Waals surface area contributed by atoms with Crippen LogP contribution in [-0.2, 0) is 16.2 Å². The SMILES string of the molecule is Cc1ccc(N(C2=CC=C(C(C)(C)C)CC=C2)c2ccc3c(c2)C2(c4ccccc4-c4ccccc42)c2cc(NN(c4ccc(C(C)(C)C)cc4)c4ccc(C(C)(C)C)cc4)ccc2-3)cc1. The maximum Gasteiger partial charge on any atom is 0.0727 e. The van der Waals surface area contributed by atoms with Crippen molar-refractivity contribution < 1.29 is 0 Å². The monoisotopic (exact) mass is 862 g/mol. The first kappa shape index (κ1) is 43.1. The number of hydrogen-bond donors (Lipinski definition) is 1. The minimum atomic E-state index is -0.551. The summed E-state index contributed by atoms with van der Waals surface area (Å²) >= 11 is 0. The van der Waals surface area contributed by atoms with Crippen LogP contribution in [0.4, 0.5) is 28.4 Å². The molecule has 0 amide bonds. The molecule has 0 saturated heterocycles. The summed E-state index contributed by atoms with van der Waals surface area (Å²) in [6.07, 6.45) is 10.2. The van der Waals surface area contributed by atoms with Crippen molar-refractivity contribution in [2.24, 2.45) is 5.41 Å². The summed E-state index contributed by atoms with van der Waals surface area (Å²) < 4.78 is 0. The van der Waals surface area contributed by atoms with E-state index in [2.05, 4.69) is 267 Å². The predicted octanol–water partition coefficient (Wildman–Crippen LogP) is 17.1. The van der Waals surface area contributed by atoms with Crippen LogP contribution in [0, 0.1) is 12.3 Å². The third-order valence-electron chi connectivity index (χ3n) is 14.2. The normalized spacial score (nSPS) is 14.7. The molecule has 66 heavy (non-hydrogen) atoms. The highest BCUT2D eigenvalue weighted by Crippen LogP contribution is 2.63. The van der Waals surface area contributed by atoms with Crippen molar-refractivity contribution >= 4 is 28.4 Å². The van der Waals surface area contributed by atoms with Crippen molar-refractivity contribution in [3.8, 4) is 22.3 Å². The van der Waals surface area contributed by atoms with Crippen molar-refractivity contribution in [3.05, 3.63) is 232 Å². The lowest BCUT2D eigenvalue weighted by Gasteiger charge is -2.33. The first-order valence-corrected chi connectivity index (χ1v) is 23.7.